The molecule has 2 aliphatic rings. The Labute approximate surface area is 236 Å². The minimum atomic E-state index is -6.30. The van der Waals surface area contributed by atoms with Crippen LogP contribution in [0, 0.1) is 58.2 Å². The van der Waals surface area contributed by atoms with Crippen molar-refractivity contribution in [2.45, 2.75) is 52.1 Å². The van der Waals surface area contributed by atoms with E-state index in [1.54, 1.807) is 51.4 Å². The first kappa shape index (κ1) is 31.8. The van der Waals surface area contributed by atoms with Crippen molar-refractivity contribution in [3.05, 3.63) is 101 Å². The van der Waals surface area contributed by atoms with Gasteiger partial charge in [0.25, 0.3) is 0 Å². The molecule has 0 N–H and O–H groups in total. The van der Waals surface area contributed by atoms with Crippen LogP contribution in [0.25, 0.3) is 0 Å². The van der Waals surface area contributed by atoms with E-state index in [0.29, 0.717) is 10.4 Å². The molecular formula is C28H26F10Si2Ti. The molecule has 0 aliphatic heterocycles. The molecule has 0 bridgehead atoms. The molecule has 13 heteroatoms. The summed E-state index contributed by atoms with van der Waals surface area (Å²) in [5.41, 5.74) is 0. The summed E-state index contributed by atoms with van der Waals surface area (Å²) in [7, 11) is -5.26. The van der Waals surface area contributed by atoms with Crippen LogP contribution in [0.5, 0.6) is 0 Å². The van der Waals surface area contributed by atoms with E-state index in [4.69, 9.17) is 0 Å². The van der Waals surface area contributed by atoms with E-state index in [1.807, 2.05) is 0 Å². The first-order valence-electron chi connectivity index (χ1n) is 12.7. The second kappa shape index (κ2) is 10.5. The Balaban J connectivity index is 2.50. The van der Waals surface area contributed by atoms with Crippen molar-refractivity contribution >= 4 is 23.9 Å². The summed E-state index contributed by atoms with van der Waals surface area (Å²) in [5.74, 6) is -23.8. The van der Waals surface area contributed by atoms with Gasteiger partial charge in [-0.15, -0.1) is 0 Å². The summed E-state index contributed by atoms with van der Waals surface area (Å²) >= 11 is -6.30. The minimum absolute atomic E-state index is 0.00923. The molecule has 0 spiro atoms. The van der Waals surface area contributed by atoms with Gasteiger partial charge in [0.05, 0.1) is 0 Å². The van der Waals surface area contributed by atoms with Gasteiger partial charge in [-0.3, -0.25) is 0 Å². The van der Waals surface area contributed by atoms with Gasteiger partial charge in [-0.2, -0.15) is 0 Å². The average Bonchev–Trinajstić information content (AvgIpc) is 3.58. The molecule has 2 aliphatic carbocycles. The molecule has 0 nitrogen and oxygen atoms in total. The number of hydrogen-bond acceptors (Lipinski definition) is 0. The predicted octanol–water partition coefficient (Wildman–Crippen LogP) is 8.37. The normalized spacial score (nSPS) is 16.2. The summed E-state index contributed by atoms with van der Waals surface area (Å²) in [4.78, 5) is 0. The van der Waals surface area contributed by atoms with Crippen molar-refractivity contribution in [3.8, 4) is 0 Å². The van der Waals surface area contributed by atoms with Crippen molar-refractivity contribution in [1.29, 1.82) is 0 Å². The Kier molecular flexibility index (Phi) is 8.16. The van der Waals surface area contributed by atoms with Gasteiger partial charge in [0.2, 0.25) is 0 Å². The Morgan fingerprint density at radius 1 is 0.439 bits per heavy atom. The van der Waals surface area contributed by atoms with Gasteiger partial charge in [-0.05, 0) is 0 Å². The average molecular weight is 657 g/mol. The Morgan fingerprint density at radius 2 is 0.683 bits per heavy atom. The topological polar surface area (TPSA) is 0 Å². The van der Waals surface area contributed by atoms with Crippen LogP contribution in [-0.2, 0) is 16.6 Å². The van der Waals surface area contributed by atoms with Crippen LogP contribution in [0.15, 0.2) is 42.5 Å². The zero-order chi connectivity index (χ0) is 31.0. The van der Waals surface area contributed by atoms with Crippen LogP contribution in [0.2, 0.25) is 39.3 Å². The zero-order valence-electron chi connectivity index (χ0n) is 23.0. The van der Waals surface area contributed by atoms with Crippen LogP contribution in [0.1, 0.15) is 12.8 Å². The first-order chi connectivity index (χ1) is 18.8. The van der Waals surface area contributed by atoms with E-state index in [1.165, 1.54) is 12.2 Å². The van der Waals surface area contributed by atoms with Crippen LogP contribution >= 0.6 is 0 Å². The quantitative estimate of drug-likeness (QED) is 0.127. The SMILES string of the molecule is C[Si](C)(C)C1=[C]([Ti]([C]2=C([Si](C)(C)C)C=CC2)([c]2c(F)c(F)c(F)c(F)c2F)[c]2c(F)c(F)c(F)c(F)c2F)CC=C1. The third-order valence-electron chi connectivity index (χ3n) is 7.55. The summed E-state index contributed by atoms with van der Waals surface area (Å²) in [5, 5.41) is 0.805. The van der Waals surface area contributed by atoms with E-state index in [2.05, 4.69) is 0 Å². The third kappa shape index (κ3) is 4.69. The molecule has 0 atom stereocenters. The van der Waals surface area contributed by atoms with Crippen LogP contribution in [0.3, 0.4) is 0 Å². The molecule has 41 heavy (non-hydrogen) atoms. The number of halogens is 10. The number of rotatable bonds is 6. The molecule has 0 radical (unpaired) electrons. The molecule has 220 valence electrons. The fraction of sp³-hybridized carbons (Fsp3) is 0.286. The molecule has 0 saturated heterocycles. The number of allylic oxidation sites excluding steroid dienone is 8. The van der Waals surface area contributed by atoms with E-state index in [0.717, 1.165) is 0 Å². The van der Waals surface area contributed by atoms with E-state index >= 15 is 17.6 Å². The van der Waals surface area contributed by atoms with Gasteiger partial charge in [-0.25, -0.2) is 0 Å². The molecule has 2 aromatic rings. The second-order valence-electron chi connectivity index (χ2n) is 12.1. The number of hydrogen-bond donors (Lipinski definition) is 0. The Morgan fingerprint density at radius 3 is 0.927 bits per heavy atom. The molecule has 0 aromatic heterocycles. The number of benzene rings is 2. The standard InChI is InChI=1S/2C8H13Si.2C6F5.Ti/c2*1-9(2,3)8-6-4-5-7-8;2*7-2-1-3(8)5(10)6(11)4(2)9;/h2*4,6H,5H2,1-3H3;;;. The molecular weight excluding hydrogens is 630 g/mol. The fourth-order valence-corrected chi connectivity index (χ4v) is 22.6. The van der Waals surface area contributed by atoms with Crippen molar-refractivity contribution in [2.24, 2.45) is 0 Å². The van der Waals surface area contributed by atoms with Crippen molar-refractivity contribution < 1.29 is 60.5 Å². The summed E-state index contributed by atoms with van der Waals surface area (Å²) < 4.78 is 150. The predicted molar refractivity (Wildman–Crippen MR) is 140 cm³/mol. The van der Waals surface area contributed by atoms with Gasteiger partial charge < -0.3 is 0 Å². The van der Waals surface area contributed by atoms with Gasteiger partial charge in [-0.1, -0.05) is 0 Å². The molecule has 0 amide bonds. The fourth-order valence-electron chi connectivity index (χ4n) is 5.90. The third-order valence-corrected chi connectivity index (χ3v) is 20.5. The van der Waals surface area contributed by atoms with Gasteiger partial charge >= 0.3 is 237 Å². The molecule has 0 heterocycles. The van der Waals surface area contributed by atoms with Crippen LogP contribution in [-0.4, -0.2) is 16.1 Å². The molecule has 4 rings (SSSR count). The maximum atomic E-state index is 16.0. The van der Waals surface area contributed by atoms with Crippen molar-refractivity contribution in [3.63, 3.8) is 0 Å². The second-order valence-corrected chi connectivity index (χ2v) is 28.0. The van der Waals surface area contributed by atoms with Gasteiger partial charge in [0, 0.05) is 0 Å². The van der Waals surface area contributed by atoms with Gasteiger partial charge in [0.15, 0.2) is 0 Å². The summed E-state index contributed by atoms with van der Waals surface area (Å²) in [6, 6.07) is 0. The molecule has 0 saturated carbocycles. The van der Waals surface area contributed by atoms with E-state index in [9.17, 15) is 26.3 Å². The summed E-state index contributed by atoms with van der Waals surface area (Å²) in [6.07, 6.45) is 5.74. The van der Waals surface area contributed by atoms with E-state index in [-0.39, 0.29) is 20.6 Å². The van der Waals surface area contributed by atoms with Gasteiger partial charge in [0.1, 0.15) is 0 Å². The molecule has 2 aromatic carbocycles. The monoisotopic (exact) mass is 656 g/mol. The Bertz CT molecular complexity index is 1430. The van der Waals surface area contributed by atoms with E-state index < -0.39 is 98.6 Å². The van der Waals surface area contributed by atoms with Crippen molar-refractivity contribution in [2.75, 3.05) is 0 Å². The van der Waals surface area contributed by atoms with Crippen molar-refractivity contribution in [1.82, 2.24) is 0 Å². The zero-order valence-corrected chi connectivity index (χ0v) is 26.6. The van der Waals surface area contributed by atoms with Crippen LogP contribution < -0.4 is 7.74 Å². The molecule has 0 fully saturated rings. The maximum absolute atomic E-state index is 16.0. The summed E-state index contributed by atoms with van der Waals surface area (Å²) in [6.45, 7) is 10.8. The van der Waals surface area contributed by atoms with Crippen LogP contribution in [0.4, 0.5) is 43.9 Å². The first-order valence-corrected chi connectivity index (χ1v) is 22.8. The molecule has 0 unspecified atom stereocenters. The Hall–Kier alpha value is -2.15.